The maximum Gasteiger partial charge on any atom is 0.233 e. The van der Waals surface area contributed by atoms with E-state index < -0.39 is 0 Å². The molecule has 106 valence electrons. The van der Waals surface area contributed by atoms with Gasteiger partial charge in [-0.2, -0.15) is 0 Å². The topological polar surface area (TPSA) is 51.0 Å². The van der Waals surface area contributed by atoms with Crippen molar-refractivity contribution in [2.45, 2.75) is 19.0 Å². The first kappa shape index (κ1) is 14.6. The molecule has 0 aliphatic rings. The lowest BCUT2D eigenvalue weighted by atomic mass is 10.3. The van der Waals surface area contributed by atoms with E-state index >= 15 is 0 Å². The van der Waals surface area contributed by atoms with E-state index in [-0.39, 0.29) is 5.91 Å². The molecular weight excluding hydrogens is 272 g/mol. The number of carbonyl (C=O) groups excluding carboxylic acids is 1. The molecule has 0 saturated heterocycles. The summed E-state index contributed by atoms with van der Waals surface area (Å²) in [7, 11) is 0. The summed E-state index contributed by atoms with van der Waals surface area (Å²) in [4.78, 5) is 13.8. The van der Waals surface area contributed by atoms with Gasteiger partial charge in [-0.3, -0.25) is 9.36 Å². The Balaban J connectivity index is 2.05. The Morgan fingerprint density at radius 1 is 1.25 bits per heavy atom. The molecule has 0 bridgehead atoms. The first-order chi connectivity index (χ1) is 9.76. The van der Waals surface area contributed by atoms with Crippen LogP contribution in [-0.4, -0.2) is 44.4 Å². The zero-order valence-corrected chi connectivity index (χ0v) is 12.5. The van der Waals surface area contributed by atoms with Crippen LogP contribution >= 0.6 is 11.8 Å². The number of nitrogens with zero attached hydrogens (tertiary/aromatic N) is 4. The predicted octanol–water partition coefficient (Wildman–Crippen LogP) is 2.23. The molecule has 0 radical (unpaired) electrons. The van der Waals surface area contributed by atoms with Gasteiger partial charge in [-0.15, -0.1) is 10.2 Å². The number of aromatic nitrogens is 3. The van der Waals surface area contributed by atoms with Crippen LogP contribution in [0.2, 0.25) is 0 Å². The SMILES string of the molecule is CCN(CC)C(=O)CSc1nncn1-c1ccccc1. The molecule has 0 aliphatic heterocycles. The highest BCUT2D eigenvalue weighted by Crippen LogP contribution is 2.19. The van der Waals surface area contributed by atoms with Gasteiger partial charge < -0.3 is 4.90 Å². The molecule has 0 fully saturated rings. The fourth-order valence-electron chi connectivity index (χ4n) is 1.88. The lowest BCUT2D eigenvalue weighted by Crippen LogP contribution is -2.31. The Hall–Kier alpha value is -1.82. The Bertz CT molecular complexity index is 551. The first-order valence-electron chi connectivity index (χ1n) is 6.62. The minimum Gasteiger partial charge on any atom is -0.343 e. The number of benzene rings is 1. The average Bonchev–Trinajstić information content (AvgIpc) is 2.95. The molecule has 20 heavy (non-hydrogen) atoms. The normalized spacial score (nSPS) is 10.5. The third-order valence-corrected chi connectivity index (χ3v) is 3.92. The van der Waals surface area contributed by atoms with Crippen LogP contribution in [0.5, 0.6) is 0 Å². The molecule has 0 N–H and O–H groups in total. The van der Waals surface area contributed by atoms with Gasteiger partial charge in [0.2, 0.25) is 5.91 Å². The zero-order chi connectivity index (χ0) is 14.4. The van der Waals surface area contributed by atoms with Gasteiger partial charge >= 0.3 is 0 Å². The van der Waals surface area contributed by atoms with Crippen LogP contribution in [0, 0.1) is 0 Å². The highest BCUT2D eigenvalue weighted by Gasteiger charge is 2.13. The first-order valence-corrected chi connectivity index (χ1v) is 7.60. The number of thioether (sulfide) groups is 1. The molecule has 0 aliphatic carbocycles. The van der Waals surface area contributed by atoms with Crippen LogP contribution in [0.1, 0.15) is 13.8 Å². The molecule has 0 unspecified atom stereocenters. The molecule has 0 spiro atoms. The number of hydrogen-bond donors (Lipinski definition) is 0. The second-order valence-electron chi connectivity index (χ2n) is 4.17. The van der Waals surface area contributed by atoms with Gasteiger partial charge in [0.25, 0.3) is 0 Å². The van der Waals surface area contributed by atoms with Crippen LogP contribution in [0.25, 0.3) is 5.69 Å². The summed E-state index contributed by atoms with van der Waals surface area (Å²) in [6, 6.07) is 9.86. The molecule has 1 amide bonds. The van der Waals surface area contributed by atoms with Crippen LogP contribution in [0.15, 0.2) is 41.8 Å². The number of rotatable bonds is 6. The number of hydrogen-bond acceptors (Lipinski definition) is 4. The van der Waals surface area contributed by atoms with E-state index in [0.29, 0.717) is 5.75 Å². The highest BCUT2D eigenvalue weighted by atomic mass is 32.2. The molecule has 0 saturated carbocycles. The highest BCUT2D eigenvalue weighted by molar-refractivity contribution is 7.99. The van der Waals surface area contributed by atoms with Gasteiger partial charge in [-0.1, -0.05) is 30.0 Å². The van der Waals surface area contributed by atoms with E-state index in [9.17, 15) is 4.79 Å². The summed E-state index contributed by atoms with van der Waals surface area (Å²) < 4.78 is 1.89. The van der Waals surface area contributed by atoms with E-state index in [1.165, 1.54) is 11.8 Å². The van der Waals surface area contributed by atoms with Crippen molar-refractivity contribution in [3.63, 3.8) is 0 Å². The molecule has 1 aromatic heterocycles. The fourth-order valence-corrected chi connectivity index (χ4v) is 2.71. The van der Waals surface area contributed by atoms with Crippen molar-refractivity contribution >= 4 is 17.7 Å². The quantitative estimate of drug-likeness (QED) is 0.766. The minimum atomic E-state index is 0.127. The third-order valence-electron chi connectivity index (χ3n) is 2.99. The molecule has 2 aromatic rings. The van der Waals surface area contributed by atoms with Crippen molar-refractivity contribution in [3.05, 3.63) is 36.7 Å². The molecule has 6 heteroatoms. The van der Waals surface area contributed by atoms with Gasteiger partial charge in [0.05, 0.1) is 5.75 Å². The Morgan fingerprint density at radius 3 is 2.60 bits per heavy atom. The largest absolute Gasteiger partial charge is 0.343 e. The average molecular weight is 290 g/mol. The van der Waals surface area contributed by atoms with Crippen molar-refractivity contribution in [3.8, 4) is 5.69 Å². The minimum absolute atomic E-state index is 0.127. The Morgan fingerprint density at radius 2 is 1.95 bits per heavy atom. The summed E-state index contributed by atoms with van der Waals surface area (Å²) in [5.74, 6) is 0.510. The third kappa shape index (κ3) is 3.39. The molecule has 5 nitrogen and oxygen atoms in total. The van der Waals surface area contributed by atoms with Crippen molar-refractivity contribution in [1.29, 1.82) is 0 Å². The van der Waals surface area contributed by atoms with Gasteiger partial charge in [0.1, 0.15) is 6.33 Å². The van der Waals surface area contributed by atoms with Crippen LogP contribution < -0.4 is 0 Å². The summed E-state index contributed by atoms with van der Waals surface area (Å²) in [5, 5.41) is 8.74. The fraction of sp³-hybridized carbons (Fsp3) is 0.357. The van der Waals surface area contributed by atoms with Crippen LogP contribution in [0.4, 0.5) is 0 Å². The van der Waals surface area contributed by atoms with Crippen molar-refractivity contribution < 1.29 is 4.79 Å². The van der Waals surface area contributed by atoms with Crippen molar-refractivity contribution in [1.82, 2.24) is 19.7 Å². The second kappa shape index (κ2) is 7.09. The maximum atomic E-state index is 12.0. The molecular formula is C14H18N4OS. The molecule has 2 rings (SSSR count). The monoisotopic (exact) mass is 290 g/mol. The van der Waals surface area contributed by atoms with Crippen LogP contribution in [0.3, 0.4) is 0 Å². The van der Waals surface area contributed by atoms with E-state index in [2.05, 4.69) is 10.2 Å². The Kier molecular flexibility index (Phi) is 5.17. The number of amides is 1. The number of carbonyl (C=O) groups is 1. The lowest BCUT2D eigenvalue weighted by molar-refractivity contribution is -0.127. The van der Waals surface area contributed by atoms with Crippen LogP contribution in [-0.2, 0) is 4.79 Å². The second-order valence-corrected chi connectivity index (χ2v) is 5.12. The Labute approximate surface area is 123 Å². The van der Waals surface area contributed by atoms with Gasteiger partial charge in [-0.05, 0) is 26.0 Å². The predicted molar refractivity (Wildman–Crippen MR) is 80.0 cm³/mol. The number of para-hydroxylation sites is 1. The molecule has 0 atom stereocenters. The van der Waals surface area contributed by atoms with Crippen molar-refractivity contribution in [2.24, 2.45) is 0 Å². The van der Waals surface area contributed by atoms with E-state index in [1.54, 1.807) is 6.33 Å². The zero-order valence-electron chi connectivity index (χ0n) is 11.7. The van der Waals surface area contributed by atoms with Crippen molar-refractivity contribution in [2.75, 3.05) is 18.8 Å². The summed E-state index contributed by atoms with van der Waals surface area (Å²) >= 11 is 1.41. The standard InChI is InChI=1S/C14H18N4OS/c1-3-17(4-2)13(19)10-20-14-16-15-11-18(14)12-8-6-5-7-9-12/h5-9,11H,3-4,10H2,1-2H3. The van der Waals surface area contributed by atoms with E-state index in [4.69, 9.17) is 0 Å². The van der Waals surface area contributed by atoms with Gasteiger partial charge in [-0.25, -0.2) is 0 Å². The summed E-state index contributed by atoms with van der Waals surface area (Å²) in [5.41, 5.74) is 0.996. The van der Waals surface area contributed by atoms with Gasteiger partial charge in [0.15, 0.2) is 5.16 Å². The van der Waals surface area contributed by atoms with E-state index in [0.717, 1.165) is 23.9 Å². The lowest BCUT2D eigenvalue weighted by Gasteiger charge is -2.18. The smallest absolute Gasteiger partial charge is 0.233 e. The van der Waals surface area contributed by atoms with Gasteiger partial charge in [0, 0.05) is 18.8 Å². The summed E-state index contributed by atoms with van der Waals surface area (Å²) in [6.07, 6.45) is 1.67. The maximum absolute atomic E-state index is 12.0. The van der Waals surface area contributed by atoms with E-state index in [1.807, 2.05) is 53.6 Å². The molecule has 1 aromatic carbocycles. The molecule has 1 heterocycles. The summed E-state index contributed by atoms with van der Waals surface area (Å²) in [6.45, 7) is 5.44.